The van der Waals surface area contributed by atoms with Crippen LogP contribution in [-0.2, 0) is 4.79 Å². The van der Waals surface area contributed by atoms with Crippen LogP contribution in [0.15, 0.2) is 66.3 Å². The van der Waals surface area contributed by atoms with E-state index in [1.807, 2.05) is 0 Å². The van der Waals surface area contributed by atoms with Crippen molar-refractivity contribution in [3.05, 3.63) is 89.0 Å². The van der Waals surface area contributed by atoms with Gasteiger partial charge in [-0.05, 0) is 59.4 Å². The highest BCUT2D eigenvalue weighted by Crippen LogP contribution is 2.35. The first kappa shape index (κ1) is 14.4. The zero-order valence-electron chi connectivity index (χ0n) is 11.9. The molecule has 0 unspecified atom stereocenters. The van der Waals surface area contributed by atoms with Crippen molar-refractivity contribution in [2.24, 2.45) is 0 Å². The van der Waals surface area contributed by atoms with Crippen LogP contribution in [0.5, 0.6) is 0 Å². The maximum absolute atomic E-state index is 13.2. The van der Waals surface area contributed by atoms with Crippen LogP contribution in [0, 0.1) is 11.6 Å². The van der Waals surface area contributed by atoms with E-state index < -0.39 is 0 Å². The predicted octanol–water partition coefficient (Wildman–Crippen LogP) is 4.69. The zero-order valence-corrected chi connectivity index (χ0v) is 11.9. The molecule has 1 fully saturated rings. The average molecular weight is 296 g/mol. The van der Waals surface area contributed by atoms with Crippen molar-refractivity contribution in [3.63, 3.8) is 0 Å². The summed E-state index contributed by atoms with van der Waals surface area (Å²) in [6, 6.07) is 12.0. The van der Waals surface area contributed by atoms with E-state index in [2.05, 4.69) is 6.58 Å². The number of allylic oxidation sites excluding steroid dienone is 2. The molecule has 0 N–H and O–H groups in total. The summed E-state index contributed by atoms with van der Waals surface area (Å²) in [5.41, 5.74) is 3.45. The van der Waals surface area contributed by atoms with Gasteiger partial charge in [-0.2, -0.15) is 0 Å². The third-order valence-electron chi connectivity index (χ3n) is 3.84. The number of Topliss-reactive ketones (excluding diaryl/α,β-unsaturated/α-hetero) is 1. The Kier molecular flexibility index (Phi) is 3.72. The highest BCUT2D eigenvalue weighted by Gasteiger charge is 2.26. The normalized spacial score (nSPS) is 14.5. The van der Waals surface area contributed by atoms with E-state index in [4.69, 9.17) is 0 Å². The van der Waals surface area contributed by atoms with Crippen LogP contribution in [0.25, 0.3) is 5.57 Å². The minimum Gasteiger partial charge on any atom is -0.289 e. The van der Waals surface area contributed by atoms with Crippen LogP contribution >= 0.6 is 0 Å². The molecule has 22 heavy (non-hydrogen) atoms. The van der Waals surface area contributed by atoms with E-state index in [0.29, 0.717) is 24.0 Å². The number of carbonyl (C=O) groups is 1. The number of ketones is 1. The molecule has 0 aromatic heterocycles. The molecule has 0 saturated heterocycles. The van der Waals surface area contributed by atoms with Gasteiger partial charge in [0, 0.05) is 5.57 Å². The summed E-state index contributed by atoms with van der Waals surface area (Å²) in [5.74, 6) is -0.743. The van der Waals surface area contributed by atoms with E-state index in [-0.39, 0.29) is 17.4 Å². The Morgan fingerprint density at radius 2 is 1.27 bits per heavy atom. The molecule has 2 aromatic rings. The summed E-state index contributed by atoms with van der Waals surface area (Å²) in [6.45, 7) is 3.78. The van der Waals surface area contributed by atoms with Crippen molar-refractivity contribution in [2.75, 3.05) is 0 Å². The van der Waals surface area contributed by atoms with Crippen molar-refractivity contribution >= 4 is 11.4 Å². The molecule has 1 aliphatic rings. The standard InChI is InChI=1S/C19H14F2O/c1-12-2-11-17(19(12)22)18(13-3-7-15(20)8-4-13)14-5-9-16(21)10-6-14/h3-10H,1-2,11H2. The number of rotatable bonds is 2. The van der Waals surface area contributed by atoms with Crippen molar-refractivity contribution in [2.45, 2.75) is 12.8 Å². The number of benzene rings is 2. The van der Waals surface area contributed by atoms with Gasteiger partial charge in [-0.3, -0.25) is 4.79 Å². The Bertz CT molecular complexity index is 721. The Hall–Kier alpha value is -2.55. The molecular weight excluding hydrogens is 282 g/mol. The van der Waals surface area contributed by atoms with Gasteiger partial charge in [0.2, 0.25) is 0 Å². The monoisotopic (exact) mass is 296 g/mol. The van der Waals surface area contributed by atoms with Crippen LogP contribution in [0.1, 0.15) is 24.0 Å². The van der Waals surface area contributed by atoms with Crippen molar-refractivity contribution < 1.29 is 13.6 Å². The second-order valence-electron chi connectivity index (χ2n) is 5.30. The maximum Gasteiger partial charge on any atom is 0.185 e. The van der Waals surface area contributed by atoms with Gasteiger partial charge in [-0.1, -0.05) is 30.8 Å². The Labute approximate surface area is 127 Å². The summed E-state index contributed by atoms with van der Waals surface area (Å²) < 4.78 is 26.3. The molecule has 0 aliphatic heterocycles. The largest absolute Gasteiger partial charge is 0.289 e. The number of hydrogen-bond acceptors (Lipinski definition) is 1. The fraction of sp³-hybridized carbons (Fsp3) is 0.105. The lowest BCUT2D eigenvalue weighted by atomic mass is 9.91. The second-order valence-corrected chi connectivity index (χ2v) is 5.30. The molecule has 1 saturated carbocycles. The molecule has 3 rings (SSSR count). The van der Waals surface area contributed by atoms with Gasteiger partial charge in [-0.15, -0.1) is 0 Å². The fourth-order valence-electron chi connectivity index (χ4n) is 2.70. The predicted molar refractivity (Wildman–Crippen MR) is 82.2 cm³/mol. The van der Waals surface area contributed by atoms with E-state index in [1.165, 1.54) is 24.3 Å². The Morgan fingerprint density at radius 3 is 1.64 bits per heavy atom. The first-order valence-electron chi connectivity index (χ1n) is 7.04. The molecule has 110 valence electrons. The SMILES string of the molecule is C=C1CCC(=C(c2ccc(F)cc2)c2ccc(F)cc2)C1=O. The summed E-state index contributed by atoms with van der Waals surface area (Å²) in [4.78, 5) is 12.3. The maximum atomic E-state index is 13.2. The highest BCUT2D eigenvalue weighted by atomic mass is 19.1. The lowest BCUT2D eigenvalue weighted by Gasteiger charge is -2.12. The average Bonchev–Trinajstić information content (AvgIpc) is 2.84. The topological polar surface area (TPSA) is 17.1 Å². The van der Waals surface area contributed by atoms with Gasteiger partial charge in [0.25, 0.3) is 0 Å². The molecular formula is C19H14F2O. The zero-order chi connectivity index (χ0) is 15.7. The number of halogens is 2. The summed E-state index contributed by atoms with van der Waals surface area (Å²) >= 11 is 0. The first-order chi connectivity index (χ1) is 10.6. The minimum atomic E-state index is -0.339. The van der Waals surface area contributed by atoms with Crippen LogP contribution in [0.3, 0.4) is 0 Å². The molecule has 0 bridgehead atoms. The lowest BCUT2D eigenvalue weighted by molar-refractivity contribution is -0.111. The van der Waals surface area contributed by atoms with Crippen molar-refractivity contribution in [3.8, 4) is 0 Å². The molecule has 2 aromatic carbocycles. The van der Waals surface area contributed by atoms with E-state index in [9.17, 15) is 13.6 Å². The van der Waals surface area contributed by atoms with Gasteiger partial charge in [0.15, 0.2) is 5.78 Å². The van der Waals surface area contributed by atoms with Crippen molar-refractivity contribution in [1.29, 1.82) is 0 Å². The quantitative estimate of drug-likeness (QED) is 0.735. The van der Waals surface area contributed by atoms with Gasteiger partial charge in [0.05, 0.1) is 0 Å². The highest BCUT2D eigenvalue weighted by molar-refractivity contribution is 6.16. The van der Waals surface area contributed by atoms with E-state index in [1.54, 1.807) is 24.3 Å². The fourth-order valence-corrected chi connectivity index (χ4v) is 2.70. The summed E-state index contributed by atoms with van der Waals surface area (Å²) in [6.07, 6.45) is 1.22. The molecule has 3 heteroatoms. The summed E-state index contributed by atoms with van der Waals surface area (Å²) in [7, 11) is 0. The number of carbonyl (C=O) groups excluding carboxylic acids is 1. The van der Waals surface area contributed by atoms with Crippen molar-refractivity contribution in [1.82, 2.24) is 0 Å². The molecule has 0 amide bonds. The number of hydrogen-bond donors (Lipinski definition) is 0. The Morgan fingerprint density at radius 1 is 0.818 bits per heavy atom. The molecule has 1 aliphatic carbocycles. The van der Waals surface area contributed by atoms with E-state index in [0.717, 1.165) is 16.7 Å². The van der Waals surface area contributed by atoms with Gasteiger partial charge < -0.3 is 0 Å². The molecule has 0 radical (unpaired) electrons. The molecule has 0 atom stereocenters. The van der Waals surface area contributed by atoms with Gasteiger partial charge in [-0.25, -0.2) is 8.78 Å². The summed E-state index contributed by atoms with van der Waals surface area (Å²) in [5, 5.41) is 0. The second kappa shape index (κ2) is 5.68. The molecule has 0 heterocycles. The smallest absolute Gasteiger partial charge is 0.185 e. The third kappa shape index (κ3) is 2.62. The van der Waals surface area contributed by atoms with Crippen LogP contribution in [0.4, 0.5) is 8.78 Å². The van der Waals surface area contributed by atoms with Gasteiger partial charge in [0.1, 0.15) is 11.6 Å². The van der Waals surface area contributed by atoms with Gasteiger partial charge >= 0.3 is 0 Å². The molecule has 0 spiro atoms. The minimum absolute atomic E-state index is 0.0661. The van der Waals surface area contributed by atoms with E-state index >= 15 is 0 Å². The third-order valence-corrected chi connectivity index (χ3v) is 3.84. The Balaban J connectivity index is 2.21. The van der Waals surface area contributed by atoms with Crippen LogP contribution in [0.2, 0.25) is 0 Å². The lowest BCUT2D eigenvalue weighted by Crippen LogP contribution is -2.01. The van der Waals surface area contributed by atoms with Crippen LogP contribution < -0.4 is 0 Å². The first-order valence-corrected chi connectivity index (χ1v) is 7.04. The molecule has 1 nitrogen and oxygen atoms in total. The van der Waals surface area contributed by atoms with Crippen LogP contribution in [-0.4, -0.2) is 5.78 Å².